The van der Waals surface area contributed by atoms with E-state index in [0.717, 1.165) is 58.6 Å². The van der Waals surface area contributed by atoms with Crippen LogP contribution in [-0.4, -0.2) is 55.2 Å². The summed E-state index contributed by atoms with van der Waals surface area (Å²) in [5.41, 5.74) is 2.11. The molecule has 0 spiro atoms. The fourth-order valence-corrected chi connectivity index (χ4v) is 4.88. The lowest BCUT2D eigenvalue weighted by atomic mass is 10.2. The van der Waals surface area contributed by atoms with E-state index in [9.17, 15) is 4.79 Å². The number of ether oxygens (including phenoxy) is 1. The van der Waals surface area contributed by atoms with Crippen LogP contribution in [0.2, 0.25) is 0 Å². The van der Waals surface area contributed by atoms with E-state index in [1.54, 1.807) is 28.7 Å². The van der Waals surface area contributed by atoms with E-state index in [1.165, 1.54) is 0 Å². The van der Waals surface area contributed by atoms with Crippen LogP contribution >= 0.6 is 35.1 Å². The Kier molecular flexibility index (Phi) is 7.80. The number of carbonyl (C=O) groups is 1. The van der Waals surface area contributed by atoms with E-state index in [-0.39, 0.29) is 18.3 Å². The molecule has 3 heterocycles. The minimum absolute atomic E-state index is 0. The number of thiophene rings is 1. The van der Waals surface area contributed by atoms with Gasteiger partial charge < -0.3 is 4.74 Å². The van der Waals surface area contributed by atoms with Crippen molar-refractivity contribution in [2.45, 2.75) is 6.92 Å². The Hall–Kier alpha value is -1.77. The van der Waals surface area contributed by atoms with Gasteiger partial charge in [-0.2, -0.15) is 0 Å². The molecule has 0 unspecified atom stereocenters. The van der Waals surface area contributed by atoms with Gasteiger partial charge in [-0.05, 0) is 36.1 Å². The fourth-order valence-electron chi connectivity index (χ4n) is 3.19. The highest BCUT2D eigenvalue weighted by Gasteiger charge is 2.20. The first-order valence-corrected chi connectivity index (χ1v) is 11.1. The van der Waals surface area contributed by atoms with Gasteiger partial charge in [-0.1, -0.05) is 29.5 Å². The van der Waals surface area contributed by atoms with Gasteiger partial charge in [-0.15, -0.1) is 23.7 Å². The molecule has 0 saturated carbocycles. The average Bonchev–Trinajstić information content (AvgIpc) is 3.38. The number of aromatic nitrogens is 1. The summed E-state index contributed by atoms with van der Waals surface area (Å²) >= 11 is 3.20. The molecule has 1 aliphatic heterocycles. The van der Waals surface area contributed by atoms with Crippen molar-refractivity contribution in [3.63, 3.8) is 0 Å². The molecule has 1 amide bonds. The molecule has 0 atom stereocenters. The first kappa shape index (κ1) is 21.9. The van der Waals surface area contributed by atoms with Crippen molar-refractivity contribution in [2.75, 3.05) is 44.3 Å². The highest BCUT2D eigenvalue weighted by atomic mass is 35.5. The molecule has 5 nitrogen and oxygen atoms in total. The van der Waals surface area contributed by atoms with E-state index in [0.29, 0.717) is 6.54 Å². The highest BCUT2D eigenvalue weighted by Crippen LogP contribution is 2.30. The van der Waals surface area contributed by atoms with Crippen LogP contribution in [0.5, 0.6) is 0 Å². The third kappa shape index (κ3) is 5.43. The molecular formula is C21H24ClN3O2S2. The summed E-state index contributed by atoms with van der Waals surface area (Å²) in [5, 5.41) is 2.77. The van der Waals surface area contributed by atoms with Gasteiger partial charge in [-0.25, -0.2) is 4.98 Å². The fraction of sp³-hybridized carbons (Fsp3) is 0.333. The summed E-state index contributed by atoms with van der Waals surface area (Å²) in [6, 6.07) is 10.2. The first-order valence-electron chi connectivity index (χ1n) is 9.40. The molecule has 2 aromatic heterocycles. The van der Waals surface area contributed by atoms with Crippen molar-refractivity contribution >= 4 is 62.4 Å². The third-order valence-corrected chi connectivity index (χ3v) is 6.66. The van der Waals surface area contributed by atoms with Crippen molar-refractivity contribution in [3.05, 3.63) is 52.2 Å². The molecule has 4 rings (SSSR count). The highest BCUT2D eigenvalue weighted by molar-refractivity contribution is 7.22. The second kappa shape index (κ2) is 10.3. The van der Waals surface area contributed by atoms with Crippen LogP contribution in [0.15, 0.2) is 41.8 Å². The lowest BCUT2D eigenvalue weighted by Gasteiger charge is -2.28. The van der Waals surface area contributed by atoms with E-state index in [2.05, 4.69) is 24.0 Å². The zero-order chi connectivity index (χ0) is 19.3. The largest absolute Gasteiger partial charge is 0.379 e. The summed E-state index contributed by atoms with van der Waals surface area (Å²) < 4.78 is 6.54. The summed E-state index contributed by atoms with van der Waals surface area (Å²) in [6.07, 6.45) is 3.54. The Morgan fingerprint density at radius 2 is 2.10 bits per heavy atom. The molecule has 1 saturated heterocycles. The number of para-hydroxylation sites is 1. The van der Waals surface area contributed by atoms with Crippen LogP contribution < -0.4 is 4.90 Å². The Labute approximate surface area is 185 Å². The Bertz CT molecular complexity index is 966. The number of morpholine rings is 1. The normalized spacial score (nSPS) is 14.9. The van der Waals surface area contributed by atoms with Crippen molar-refractivity contribution < 1.29 is 9.53 Å². The predicted molar refractivity (Wildman–Crippen MR) is 125 cm³/mol. The number of halogens is 1. The maximum atomic E-state index is 13.0. The molecule has 0 aliphatic carbocycles. The number of aryl methyl sites for hydroxylation is 1. The second-order valence-electron chi connectivity index (χ2n) is 6.71. The van der Waals surface area contributed by atoms with E-state index < -0.39 is 0 Å². The smallest absolute Gasteiger partial charge is 0.252 e. The van der Waals surface area contributed by atoms with Crippen molar-refractivity contribution in [3.8, 4) is 0 Å². The van der Waals surface area contributed by atoms with Crippen LogP contribution in [-0.2, 0) is 9.53 Å². The molecule has 1 aromatic carbocycles. The van der Waals surface area contributed by atoms with E-state index >= 15 is 0 Å². The Balaban J connectivity index is 0.00000240. The predicted octanol–water partition coefficient (Wildman–Crippen LogP) is 4.47. The monoisotopic (exact) mass is 449 g/mol. The zero-order valence-corrected chi connectivity index (χ0v) is 18.7. The number of thiazole rings is 1. The molecule has 0 bridgehead atoms. The number of carbonyl (C=O) groups excluding carboxylic acids is 1. The molecule has 3 aromatic rings. The Morgan fingerprint density at radius 1 is 1.28 bits per heavy atom. The number of fused-ring (bicyclic) bond motifs is 1. The number of nitrogens with zero attached hydrogens (tertiary/aromatic N) is 3. The third-order valence-electron chi connectivity index (χ3n) is 4.78. The quantitative estimate of drug-likeness (QED) is 0.521. The van der Waals surface area contributed by atoms with Crippen LogP contribution in [0.4, 0.5) is 5.13 Å². The summed E-state index contributed by atoms with van der Waals surface area (Å²) in [7, 11) is 0. The van der Waals surface area contributed by atoms with Gasteiger partial charge in [0.05, 0.1) is 23.4 Å². The minimum Gasteiger partial charge on any atom is -0.379 e. The molecule has 8 heteroatoms. The van der Waals surface area contributed by atoms with Crippen molar-refractivity contribution in [1.82, 2.24) is 9.88 Å². The molecular weight excluding hydrogens is 426 g/mol. The topological polar surface area (TPSA) is 45.7 Å². The van der Waals surface area contributed by atoms with Crippen LogP contribution in [0.25, 0.3) is 16.3 Å². The van der Waals surface area contributed by atoms with Gasteiger partial charge in [0.15, 0.2) is 5.13 Å². The summed E-state index contributed by atoms with van der Waals surface area (Å²) in [5.74, 6) is -0.0293. The number of hydrogen-bond donors (Lipinski definition) is 0. The molecule has 29 heavy (non-hydrogen) atoms. The maximum absolute atomic E-state index is 13.0. The van der Waals surface area contributed by atoms with Crippen LogP contribution in [0, 0.1) is 6.92 Å². The van der Waals surface area contributed by atoms with E-state index in [1.807, 2.05) is 34.6 Å². The summed E-state index contributed by atoms with van der Waals surface area (Å²) in [4.78, 5) is 23.1. The minimum atomic E-state index is -0.0293. The molecule has 1 aliphatic rings. The number of hydrogen-bond acceptors (Lipinski definition) is 6. The molecule has 0 radical (unpaired) electrons. The standard InChI is InChI=1S/C21H23N3O2S2.ClH/c1-16-4-2-6-18-20(16)22-21(28-18)24(10-9-23-11-13-26-14-12-23)19(25)8-7-17-5-3-15-27-17;/h2-8,15H,9-14H2,1H3;1H. The summed E-state index contributed by atoms with van der Waals surface area (Å²) in [6.45, 7) is 6.82. The van der Waals surface area contributed by atoms with Crippen molar-refractivity contribution in [1.29, 1.82) is 0 Å². The lowest BCUT2D eigenvalue weighted by Crippen LogP contribution is -2.42. The maximum Gasteiger partial charge on any atom is 0.252 e. The van der Waals surface area contributed by atoms with Gasteiger partial charge in [-0.3, -0.25) is 14.6 Å². The van der Waals surface area contributed by atoms with Crippen LogP contribution in [0.3, 0.4) is 0 Å². The second-order valence-corrected chi connectivity index (χ2v) is 8.70. The van der Waals surface area contributed by atoms with Gasteiger partial charge in [0.1, 0.15) is 0 Å². The number of anilines is 1. The van der Waals surface area contributed by atoms with Gasteiger partial charge in [0.25, 0.3) is 5.91 Å². The molecule has 154 valence electrons. The molecule has 0 N–H and O–H groups in total. The SMILES string of the molecule is Cc1cccc2sc(N(CCN3CCOCC3)C(=O)C=Cc3cccs3)nc12.Cl. The zero-order valence-electron chi connectivity index (χ0n) is 16.2. The van der Waals surface area contributed by atoms with E-state index in [4.69, 9.17) is 9.72 Å². The first-order chi connectivity index (χ1) is 13.7. The number of benzene rings is 1. The van der Waals surface area contributed by atoms with Gasteiger partial charge in [0, 0.05) is 37.1 Å². The number of amides is 1. The number of rotatable bonds is 6. The van der Waals surface area contributed by atoms with Crippen LogP contribution in [0.1, 0.15) is 10.4 Å². The van der Waals surface area contributed by atoms with Gasteiger partial charge in [0.2, 0.25) is 0 Å². The lowest BCUT2D eigenvalue weighted by molar-refractivity contribution is -0.114. The Morgan fingerprint density at radius 3 is 2.83 bits per heavy atom. The average molecular weight is 450 g/mol. The van der Waals surface area contributed by atoms with Gasteiger partial charge >= 0.3 is 0 Å². The molecule has 1 fully saturated rings. The van der Waals surface area contributed by atoms with Crippen molar-refractivity contribution in [2.24, 2.45) is 0 Å².